The molecule has 0 aliphatic carbocycles. The number of nitrogens with one attached hydrogen (secondary N) is 1. The molecule has 0 aromatic heterocycles. The van der Waals surface area contributed by atoms with Crippen LogP contribution >= 0.6 is 15.9 Å². The van der Waals surface area contributed by atoms with Crippen molar-refractivity contribution in [1.82, 2.24) is 5.32 Å². The van der Waals surface area contributed by atoms with Crippen LogP contribution in [0.2, 0.25) is 0 Å². The second kappa shape index (κ2) is 4.94. The highest BCUT2D eigenvalue weighted by Crippen LogP contribution is 2.25. The topological polar surface area (TPSA) is 21.3 Å². The maximum absolute atomic E-state index is 12.9. The van der Waals surface area contributed by atoms with E-state index < -0.39 is 0 Å². The first kappa shape index (κ1) is 10.9. The first-order valence-electron chi connectivity index (χ1n) is 5.07. The van der Waals surface area contributed by atoms with Gasteiger partial charge in [0.05, 0.1) is 4.47 Å². The molecule has 1 aromatic carbocycles. The molecule has 1 heterocycles. The Labute approximate surface area is 96.9 Å². The lowest BCUT2D eigenvalue weighted by molar-refractivity contribution is 0.274. The van der Waals surface area contributed by atoms with E-state index in [9.17, 15) is 4.39 Å². The Kier molecular flexibility index (Phi) is 3.59. The van der Waals surface area contributed by atoms with E-state index in [1.165, 1.54) is 18.6 Å². The molecule has 1 unspecified atom stereocenters. The van der Waals surface area contributed by atoms with Crippen LogP contribution in [0.4, 0.5) is 4.39 Å². The smallest absolute Gasteiger partial charge is 0.136 e. The number of hydrogen-bond donors (Lipinski definition) is 1. The molecule has 1 fully saturated rings. The van der Waals surface area contributed by atoms with E-state index in [4.69, 9.17) is 4.74 Å². The normalized spacial score (nSPS) is 20.5. The van der Waals surface area contributed by atoms with E-state index in [-0.39, 0.29) is 5.82 Å². The molecular formula is C11H13BrFNO. The molecule has 0 bridgehead atoms. The lowest BCUT2D eigenvalue weighted by Crippen LogP contribution is -2.28. The van der Waals surface area contributed by atoms with Gasteiger partial charge in [0.2, 0.25) is 0 Å². The summed E-state index contributed by atoms with van der Waals surface area (Å²) in [7, 11) is 0. The summed E-state index contributed by atoms with van der Waals surface area (Å²) in [6.07, 6.45) is 2.32. The summed E-state index contributed by atoms with van der Waals surface area (Å²) in [5, 5.41) is 3.33. The largest absolute Gasteiger partial charge is 0.491 e. The van der Waals surface area contributed by atoms with Crippen molar-refractivity contribution >= 4 is 15.9 Å². The predicted octanol–water partition coefficient (Wildman–Crippen LogP) is 2.72. The number of benzene rings is 1. The predicted molar refractivity (Wildman–Crippen MR) is 60.6 cm³/mol. The summed E-state index contributed by atoms with van der Waals surface area (Å²) in [6, 6.07) is 4.87. The molecule has 82 valence electrons. The third kappa shape index (κ3) is 2.92. The Morgan fingerprint density at radius 1 is 1.53 bits per heavy atom. The molecule has 0 radical (unpaired) electrons. The van der Waals surface area contributed by atoms with Crippen molar-refractivity contribution in [2.75, 3.05) is 13.2 Å². The van der Waals surface area contributed by atoms with Gasteiger partial charge in [0.1, 0.15) is 18.2 Å². The van der Waals surface area contributed by atoms with Gasteiger partial charge in [0, 0.05) is 12.1 Å². The highest BCUT2D eigenvalue weighted by Gasteiger charge is 2.15. The SMILES string of the molecule is Fc1ccc(Br)c(OCC2CCCN2)c1. The van der Waals surface area contributed by atoms with Crippen molar-refractivity contribution in [2.45, 2.75) is 18.9 Å². The molecule has 1 aliphatic rings. The van der Waals surface area contributed by atoms with Crippen LogP contribution in [-0.2, 0) is 0 Å². The second-order valence-corrected chi connectivity index (χ2v) is 4.53. The Hall–Kier alpha value is -0.610. The average molecular weight is 274 g/mol. The number of hydrogen-bond acceptors (Lipinski definition) is 2. The van der Waals surface area contributed by atoms with Gasteiger partial charge in [-0.1, -0.05) is 0 Å². The van der Waals surface area contributed by atoms with Gasteiger partial charge < -0.3 is 10.1 Å². The fourth-order valence-electron chi connectivity index (χ4n) is 1.68. The quantitative estimate of drug-likeness (QED) is 0.915. The Balaban J connectivity index is 1.94. The summed E-state index contributed by atoms with van der Waals surface area (Å²) in [6.45, 7) is 1.65. The van der Waals surface area contributed by atoms with Crippen LogP contribution in [0.1, 0.15) is 12.8 Å². The summed E-state index contributed by atoms with van der Waals surface area (Å²) in [4.78, 5) is 0. The molecule has 0 spiro atoms. The summed E-state index contributed by atoms with van der Waals surface area (Å²) in [5.41, 5.74) is 0. The van der Waals surface area contributed by atoms with Crippen LogP contribution in [0.5, 0.6) is 5.75 Å². The minimum absolute atomic E-state index is 0.271. The third-order valence-electron chi connectivity index (χ3n) is 2.50. The fraction of sp³-hybridized carbons (Fsp3) is 0.455. The number of halogens is 2. The molecule has 4 heteroatoms. The summed E-state index contributed by atoms with van der Waals surface area (Å²) in [5.74, 6) is 0.302. The van der Waals surface area contributed by atoms with Crippen molar-refractivity contribution in [3.8, 4) is 5.75 Å². The van der Waals surface area contributed by atoms with Crippen molar-refractivity contribution in [1.29, 1.82) is 0 Å². The highest BCUT2D eigenvalue weighted by atomic mass is 79.9. The molecular weight excluding hydrogens is 261 g/mol. The van der Waals surface area contributed by atoms with E-state index in [1.807, 2.05) is 0 Å². The van der Waals surface area contributed by atoms with Gasteiger partial charge in [-0.2, -0.15) is 0 Å². The molecule has 1 atom stereocenters. The first-order valence-corrected chi connectivity index (χ1v) is 5.86. The zero-order valence-electron chi connectivity index (χ0n) is 8.30. The summed E-state index contributed by atoms with van der Waals surface area (Å²) >= 11 is 3.33. The average Bonchev–Trinajstić information content (AvgIpc) is 2.72. The minimum Gasteiger partial charge on any atom is -0.491 e. The zero-order valence-corrected chi connectivity index (χ0v) is 9.89. The molecule has 0 saturated carbocycles. The van der Waals surface area contributed by atoms with Gasteiger partial charge >= 0.3 is 0 Å². The molecule has 1 aromatic rings. The lowest BCUT2D eigenvalue weighted by atomic mass is 10.2. The monoisotopic (exact) mass is 273 g/mol. The van der Waals surface area contributed by atoms with Gasteiger partial charge in [-0.05, 0) is 47.4 Å². The van der Waals surface area contributed by atoms with Crippen LogP contribution in [0.25, 0.3) is 0 Å². The van der Waals surface area contributed by atoms with Crippen LogP contribution in [0.3, 0.4) is 0 Å². The van der Waals surface area contributed by atoms with Crippen LogP contribution in [-0.4, -0.2) is 19.2 Å². The van der Waals surface area contributed by atoms with Crippen LogP contribution in [0, 0.1) is 5.82 Å². The Bertz CT molecular complexity index is 339. The second-order valence-electron chi connectivity index (χ2n) is 3.68. The number of rotatable bonds is 3. The van der Waals surface area contributed by atoms with Gasteiger partial charge in [-0.25, -0.2) is 4.39 Å². The molecule has 0 amide bonds. The number of ether oxygens (including phenoxy) is 1. The van der Waals surface area contributed by atoms with E-state index in [2.05, 4.69) is 21.2 Å². The Morgan fingerprint density at radius 2 is 2.40 bits per heavy atom. The Morgan fingerprint density at radius 3 is 3.13 bits per heavy atom. The molecule has 1 saturated heterocycles. The van der Waals surface area contributed by atoms with E-state index in [0.29, 0.717) is 18.4 Å². The van der Waals surface area contributed by atoms with Crippen molar-refractivity contribution < 1.29 is 9.13 Å². The van der Waals surface area contributed by atoms with Gasteiger partial charge in [0.25, 0.3) is 0 Å². The molecule has 2 rings (SSSR count). The summed E-state index contributed by atoms with van der Waals surface area (Å²) < 4.78 is 19.3. The van der Waals surface area contributed by atoms with Gasteiger partial charge in [-0.3, -0.25) is 0 Å². The third-order valence-corrected chi connectivity index (χ3v) is 3.15. The minimum atomic E-state index is -0.271. The maximum atomic E-state index is 12.9. The lowest BCUT2D eigenvalue weighted by Gasteiger charge is -2.13. The van der Waals surface area contributed by atoms with Crippen LogP contribution < -0.4 is 10.1 Å². The first-order chi connectivity index (χ1) is 7.25. The fourth-order valence-corrected chi connectivity index (χ4v) is 2.04. The zero-order chi connectivity index (χ0) is 10.7. The molecule has 1 N–H and O–H groups in total. The maximum Gasteiger partial charge on any atom is 0.136 e. The van der Waals surface area contributed by atoms with Crippen molar-refractivity contribution in [3.05, 3.63) is 28.5 Å². The molecule has 15 heavy (non-hydrogen) atoms. The highest BCUT2D eigenvalue weighted by molar-refractivity contribution is 9.10. The standard InChI is InChI=1S/C11H13BrFNO/c12-10-4-3-8(13)6-11(10)15-7-9-2-1-5-14-9/h3-4,6,9,14H,1-2,5,7H2. The van der Waals surface area contributed by atoms with Crippen molar-refractivity contribution in [2.24, 2.45) is 0 Å². The van der Waals surface area contributed by atoms with E-state index in [0.717, 1.165) is 17.4 Å². The molecule has 1 aliphatic heterocycles. The van der Waals surface area contributed by atoms with Crippen LogP contribution in [0.15, 0.2) is 22.7 Å². The van der Waals surface area contributed by atoms with E-state index in [1.54, 1.807) is 6.07 Å². The van der Waals surface area contributed by atoms with Gasteiger partial charge in [0.15, 0.2) is 0 Å². The van der Waals surface area contributed by atoms with E-state index >= 15 is 0 Å². The van der Waals surface area contributed by atoms with Gasteiger partial charge in [-0.15, -0.1) is 0 Å². The molecule has 2 nitrogen and oxygen atoms in total. The van der Waals surface area contributed by atoms with Crippen molar-refractivity contribution in [3.63, 3.8) is 0 Å².